The largest absolute Gasteiger partial charge is 0.271 e. The Bertz CT molecular complexity index is 91.6. The van der Waals surface area contributed by atoms with E-state index < -0.39 is 0 Å². The van der Waals surface area contributed by atoms with E-state index in [1.165, 1.54) is 19.3 Å². The predicted molar refractivity (Wildman–Crippen MR) is 50.1 cm³/mol. The van der Waals surface area contributed by atoms with Gasteiger partial charge in [-0.25, -0.2) is 0 Å². The van der Waals surface area contributed by atoms with Gasteiger partial charge in [0.05, 0.1) is 0 Å². The Morgan fingerprint density at radius 3 is 2.73 bits per heavy atom. The van der Waals surface area contributed by atoms with Gasteiger partial charge in [0.25, 0.3) is 0 Å². The van der Waals surface area contributed by atoms with Crippen LogP contribution in [0, 0.1) is 0 Å². The topological polar surface area (TPSA) is 38.0 Å². The minimum atomic E-state index is 0.500. The van der Waals surface area contributed by atoms with E-state index in [1.807, 2.05) is 6.08 Å². The van der Waals surface area contributed by atoms with E-state index in [0.29, 0.717) is 6.04 Å². The first-order valence-corrected chi connectivity index (χ1v) is 4.42. The molecule has 2 heteroatoms. The van der Waals surface area contributed by atoms with E-state index >= 15 is 0 Å². The number of nitrogens with two attached hydrogens (primary N) is 1. The SMILES string of the molecule is C=CCCCC(CCC)NN. The van der Waals surface area contributed by atoms with Crippen molar-refractivity contribution >= 4 is 0 Å². The van der Waals surface area contributed by atoms with Crippen LogP contribution in [0.2, 0.25) is 0 Å². The summed E-state index contributed by atoms with van der Waals surface area (Å²) in [6.07, 6.45) is 7.78. The van der Waals surface area contributed by atoms with Crippen LogP contribution < -0.4 is 11.3 Å². The number of nitrogens with one attached hydrogen (secondary N) is 1. The lowest BCUT2D eigenvalue weighted by atomic mass is 10.1. The summed E-state index contributed by atoms with van der Waals surface area (Å²) in [7, 11) is 0. The maximum absolute atomic E-state index is 5.37. The highest BCUT2D eigenvalue weighted by Gasteiger charge is 2.02. The van der Waals surface area contributed by atoms with Crippen molar-refractivity contribution in [2.24, 2.45) is 5.84 Å². The Balaban J connectivity index is 3.27. The molecule has 0 fully saturated rings. The van der Waals surface area contributed by atoms with E-state index in [4.69, 9.17) is 5.84 Å². The molecule has 3 N–H and O–H groups in total. The number of hydrogen-bond donors (Lipinski definition) is 2. The van der Waals surface area contributed by atoms with Crippen molar-refractivity contribution < 1.29 is 0 Å². The minimum Gasteiger partial charge on any atom is -0.271 e. The Morgan fingerprint density at radius 1 is 1.55 bits per heavy atom. The number of unbranched alkanes of at least 4 members (excludes halogenated alkanes) is 1. The molecule has 0 amide bonds. The average molecular weight is 156 g/mol. The fourth-order valence-electron chi connectivity index (χ4n) is 1.17. The van der Waals surface area contributed by atoms with Crippen molar-refractivity contribution in [1.29, 1.82) is 0 Å². The van der Waals surface area contributed by atoms with Crippen molar-refractivity contribution in [3.63, 3.8) is 0 Å². The van der Waals surface area contributed by atoms with Crippen LogP contribution in [0.25, 0.3) is 0 Å². The van der Waals surface area contributed by atoms with Gasteiger partial charge in [0.15, 0.2) is 0 Å². The van der Waals surface area contributed by atoms with E-state index in [0.717, 1.165) is 12.8 Å². The molecule has 0 rings (SSSR count). The highest BCUT2D eigenvalue weighted by molar-refractivity contribution is 4.69. The minimum absolute atomic E-state index is 0.500. The normalized spacial score (nSPS) is 12.9. The number of rotatable bonds is 7. The van der Waals surface area contributed by atoms with Crippen LogP contribution in [-0.4, -0.2) is 6.04 Å². The number of allylic oxidation sites excluding steroid dienone is 1. The average Bonchev–Trinajstić information content (AvgIpc) is 2.03. The van der Waals surface area contributed by atoms with Crippen LogP contribution in [0.1, 0.15) is 39.0 Å². The summed E-state index contributed by atoms with van der Waals surface area (Å²) in [6, 6.07) is 0.500. The first-order chi connectivity index (χ1) is 5.35. The highest BCUT2D eigenvalue weighted by atomic mass is 15.2. The molecule has 0 radical (unpaired) electrons. The van der Waals surface area contributed by atoms with Crippen LogP contribution in [0.5, 0.6) is 0 Å². The van der Waals surface area contributed by atoms with Gasteiger partial charge in [-0.15, -0.1) is 6.58 Å². The zero-order valence-electron chi connectivity index (χ0n) is 7.47. The summed E-state index contributed by atoms with van der Waals surface area (Å²) in [5.41, 5.74) is 2.83. The van der Waals surface area contributed by atoms with Gasteiger partial charge in [-0.3, -0.25) is 11.3 Å². The van der Waals surface area contributed by atoms with Crippen LogP contribution in [0.15, 0.2) is 12.7 Å². The summed E-state index contributed by atoms with van der Waals surface area (Å²) < 4.78 is 0. The van der Waals surface area contributed by atoms with Gasteiger partial charge in [0.1, 0.15) is 0 Å². The van der Waals surface area contributed by atoms with E-state index in [1.54, 1.807) is 0 Å². The molecule has 1 atom stereocenters. The molecule has 0 aromatic rings. The van der Waals surface area contributed by atoms with Crippen LogP contribution >= 0.6 is 0 Å². The lowest BCUT2D eigenvalue weighted by Crippen LogP contribution is -2.34. The Hall–Kier alpha value is -0.340. The van der Waals surface area contributed by atoms with Crippen molar-refractivity contribution in [3.05, 3.63) is 12.7 Å². The Morgan fingerprint density at radius 2 is 2.27 bits per heavy atom. The van der Waals surface area contributed by atoms with Gasteiger partial charge in [0.2, 0.25) is 0 Å². The van der Waals surface area contributed by atoms with Gasteiger partial charge in [-0.05, 0) is 25.7 Å². The molecule has 11 heavy (non-hydrogen) atoms. The lowest BCUT2D eigenvalue weighted by Gasteiger charge is -2.13. The lowest BCUT2D eigenvalue weighted by molar-refractivity contribution is 0.449. The standard InChI is InChI=1S/C9H20N2/c1-3-5-6-8-9(11-10)7-4-2/h3,9,11H,1,4-8,10H2,2H3. The van der Waals surface area contributed by atoms with E-state index in [-0.39, 0.29) is 0 Å². The molecule has 0 saturated heterocycles. The second-order valence-electron chi connectivity index (χ2n) is 2.87. The van der Waals surface area contributed by atoms with Crippen LogP contribution in [0.4, 0.5) is 0 Å². The van der Waals surface area contributed by atoms with Crippen molar-refractivity contribution in [3.8, 4) is 0 Å². The number of hydrogen-bond acceptors (Lipinski definition) is 2. The molecule has 2 nitrogen and oxygen atoms in total. The molecule has 0 aromatic heterocycles. The van der Waals surface area contributed by atoms with E-state index in [2.05, 4.69) is 18.9 Å². The van der Waals surface area contributed by atoms with Gasteiger partial charge in [-0.2, -0.15) is 0 Å². The third-order valence-corrected chi connectivity index (χ3v) is 1.83. The Kier molecular flexibility index (Phi) is 7.52. The second-order valence-corrected chi connectivity index (χ2v) is 2.87. The maximum Gasteiger partial charge on any atom is 0.0210 e. The summed E-state index contributed by atoms with van der Waals surface area (Å²) >= 11 is 0. The monoisotopic (exact) mass is 156 g/mol. The van der Waals surface area contributed by atoms with Gasteiger partial charge in [-0.1, -0.05) is 19.4 Å². The van der Waals surface area contributed by atoms with Crippen LogP contribution in [0.3, 0.4) is 0 Å². The van der Waals surface area contributed by atoms with Gasteiger partial charge < -0.3 is 0 Å². The van der Waals surface area contributed by atoms with E-state index in [9.17, 15) is 0 Å². The van der Waals surface area contributed by atoms with Gasteiger partial charge >= 0.3 is 0 Å². The fraction of sp³-hybridized carbons (Fsp3) is 0.778. The second kappa shape index (κ2) is 7.76. The first kappa shape index (κ1) is 10.7. The third-order valence-electron chi connectivity index (χ3n) is 1.83. The summed E-state index contributed by atoms with van der Waals surface area (Å²) in [6.45, 7) is 5.86. The molecule has 0 heterocycles. The highest BCUT2D eigenvalue weighted by Crippen LogP contribution is 2.05. The van der Waals surface area contributed by atoms with Crippen molar-refractivity contribution in [2.45, 2.75) is 45.1 Å². The summed E-state index contributed by atoms with van der Waals surface area (Å²) in [5.74, 6) is 5.37. The quantitative estimate of drug-likeness (QED) is 0.256. The molecule has 0 aliphatic rings. The van der Waals surface area contributed by atoms with Crippen molar-refractivity contribution in [2.75, 3.05) is 0 Å². The Labute approximate surface area is 69.8 Å². The molecular weight excluding hydrogens is 136 g/mol. The van der Waals surface area contributed by atoms with Gasteiger partial charge in [0, 0.05) is 6.04 Å². The molecule has 0 aromatic carbocycles. The zero-order chi connectivity index (χ0) is 8.53. The number of hydrazine groups is 1. The molecular formula is C9H20N2. The zero-order valence-corrected chi connectivity index (χ0v) is 7.47. The smallest absolute Gasteiger partial charge is 0.0210 e. The molecule has 1 unspecified atom stereocenters. The summed E-state index contributed by atoms with van der Waals surface area (Å²) in [5, 5.41) is 0. The first-order valence-electron chi connectivity index (χ1n) is 4.42. The molecule has 0 spiro atoms. The molecule has 0 aliphatic heterocycles. The molecule has 0 saturated carbocycles. The maximum atomic E-state index is 5.37. The van der Waals surface area contributed by atoms with Crippen molar-refractivity contribution in [1.82, 2.24) is 5.43 Å². The molecule has 0 bridgehead atoms. The molecule has 66 valence electrons. The third kappa shape index (κ3) is 6.07. The predicted octanol–water partition coefficient (Wildman–Crippen LogP) is 1.97. The summed E-state index contributed by atoms with van der Waals surface area (Å²) in [4.78, 5) is 0. The van der Waals surface area contributed by atoms with Crippen LogP contribution in [-0.2, 0) is 0 Å². The fourth-order valence-corrected chi connectivity index (χ4v) is 1.17. The molecule has 0 aliphatic carbocycles.